The molecule has 4 aromatic rings. The molecule has 0 amide bonds. The fourth-order valence-corrected chi connectivity index (χ4v) is 3.62. The molecule has 0 aliphatic carbocycles. The Balaban J connectivity index is 0.000000872. The first-order valence-corrected chi connectivity index (χ1v) is 9.26. The second-order valence-electron chi connectivity index (χ2n) is 6.10. The van der Waals surface area contributed by atoms with Gasteiger partial charge in [-0.2, -0.15) is 0 Å². The zero-order valence-electron chi connectivity index (χ0n) is 15.6. The van der Waals surface area contributed by atoms with Crippen molar-refractivity contribution < 1.29 is 4.74 Å². The van der Waals surface area contributed by atoms with E-state index in [4.69, 9.17) is 4.74 Å². The maximum atomic E-state index is 6.16. The number of benzene rings is 3. The molecule has 0 N–H and O–H groups in total. The van der Waals surface area contributed by atoms with E-state index in [0.717, 1.165) is 39.1 Å². The van der Waals surface area contributed by atoms with Gasteiger partial charge in [-0.3, -0.25) is 4.98 Å². The molecule has 2 nitrogen and oxygen atoms in total. The van der Waals surface area contributed by atoms with Gasteiger partial charge in [0.05, 0.1) is 0 Å². The summed E-state index contributed by atoms with van der Waals surface area (Å²) < 4.78 is 6.16. The third-order valence-electron chi connectivity index (χ3n) is 4.76. The Labute approximate surface area is 159 Å². The van der Waals surface area contributed by atoms with Crippen LogP contribution >= 0.6 is 0 Å². The lowest BCUT2D eigenvalue weighted by Gasteiger charge is -2.22. The highest BCUT2D eigenvalue weighted by molar-refractivity contribution is 6.10. The second kappa shape index (κ2) is 7.08. The van der Waals surface area contributed by atoms with Gasteiger partial charge in [0.25, 0.3) is 0 Å². The van der Waals surface area contributed by atoms with Gasteiger partial charge >= 0.3 is 0 Å². The lowest BCUT2D eigenvalue weighted by Crippen LogP contribution is -1.98. The van der Waals surface area contributed by atoms with Crippen LogP contribution in [0.3, 0.4) is 0 Å². The quantitative estimate of drug-likeness (QED) is 0.332. The predicted molar refractivity (Wildman–Crippen MR) is 114 cm³/mol. The van der Waals surface area contributed by atoms with Gasteiger partial charge in [-0.25, -0.2) is 0 Å². The summed E-state index contributed by atoms with van der Waals surface area (Å²) in [7, 11) is 0. The van der Waals surface area contributed by atoms with Gasteiger partial charge in [0.2, 0.25) is 0 Å². The largest absolute Gasteiger partial charge is 0.456 e. The van der Waals surface area contributed by atoms with Crippen molar-refractivity contribution in [2.24, 2.45) is 0 Å². The molecule has 0 saturated carbocycles. The van der Waals surface area contributed by atoms with E-state index in [0.29, 0.717) is 0 Å². The Morgan fingerprint density at radius 1 is 0.778 bits per heavy atom. The number of rotatable bonds is 2. The molecule has 132 valence electrons. The van der Waals surface area contributed by atoms with E-state index < -0.39 is 0 Å². The summed E-state index contributed by atoms with van der Waals surface area (Å²) in [5.74, 6) is 1.81. The minimum atomic E-state index is 0.900. The van der Waals surface area contributed by atoms with E-state index in [9.17, 15) is 0 Å². The first kappa shape index (κ1) is 17.0. The molecule has 2 heterocycles. The van der Waals surface area contributed by atoms with Crippen LogP contribution in [-0.2, 0) is 0 Å². The van der Waals surface area contributed by atoms with Crippen LogP contribution in [0, 0.1) is 0 Å². The minimum absolute atomic E-state index is 0.900. The van der Waals surface area contributed by atoms with E-state index in [-0.39, 0.29) is 0 Å². The molecule has 0 unspecified atom stereocenters. The number of hydrogen-bond donors (Lipinski definition) is 0. The van der Waals surface area contributed by atoms with E-state index in [2.05, 4.69) is 35.8 Å². The molecular formula is C25H21NO. The van der Waals surface area contributed by atoms with E-state index in [1.54, 1.807) is 6.20 Å². The molecule has 0 radical (unpaired) electrons. The molecule has 5 rings (SSSR count). The first-order valence-electron chi connectivity index (χ1n) is 9.26. The number of ether oxygens (including phenoxy) is 1. The second-order valence-corrected chi connectivity index (χ2v) is 6.10. The Bertz CT molecular complexity index is 1140. The number of fused-ring (bicyclic) bond motifs is 2. The fraction of sp³-hybridized carbons (Fsp3) is 0.0800. The number of nitrogens with zero attached hydrogens (tertiary/aromatic N) is 1. The summed E-state index contributed by atoms with van der Waals surface area (Å²) in [4.78, 5) is 4.31. The summed E-state index contributed by atoms with van der Waals surface area (Å²) >= 11 is 0. The molecule has 3 aromatic carbocycles. The Morgan fingerprint density at radius 3 is 2.41 bits per heavy atom. The van der Waals surface area contributed by atoms with Gasteiger partial charge in [0.1, 0.15) is 11.5 Å². The molecule has 2 heteroatoms. The average Bonchev–Trinajstić information content (AvgIpc) is 2.75. The molecule has 1 aliphatic heterocycles. The Morgan fingerprint density at radius 2 is 1.56 bits per heavy atom. The molecule has 1 aliphatic rings. The number of pyridine rings is 1. The molecule has 0 saturated heterocycles. The normalized spacial score (nSPS) is 11.0. The van der Waals surface area contributed by atoms with Crippen LogP contribution in [-0.4, -0.2) is 4.98 Å². The Hall–Kier alpha value is -3.39. The van der Waals surface area contributed by atoms with Crippen molar-refractivity contribution in [3.8, 4) is 33.8 Å². The SMILES string of the molecule is C=Cc1ccncc1-c1ccc2c3c(cccc13)Oc1ccccc1-2.CC. The van der Waals surface area contributed by atoms with Crippen molar-refractivity contribution in [1.82, 2.24) is 4.98 Å². The topological polar surface area (TPSA) is 22.1 Å². The minimum Gasteiger partial charge on any atom is -0.456 e. The molecular weight excluding hydrogens is 330 g/mol. The zero-order chi connectivity index (χ0) is 18.8. The summed E-state index contributed by atoms with van der Waals surface area (Å²) in [5, 5.41) is 2.32. The van der Waals surface area contributed by atoms with Gasteiger partial charge < -0.3 is 4.74 Å². The van der Waals surface area contributed by atoms with Crippen LogP contribution in [0.2, 0.25) is 0 Å². The average molecular weight is 351 g/mol. The predicted octanol–water partition coefficient (Wildman–Crippen LogP) is 7.34. The van der Waals surface area contributed by atoms with Gasteiger partial charge in [-0.15, -0.1) is 0 Å². The smallest absolute Gasteiger partial charge is 0.135 e. The molecule has 1 aromatic heterocycles. The Kier molecular flexibility index (Phi) is 4.47. The third-order valence-corrected chi connectivity index (χ3v) is 4.76. The maximum absolute atomic E-state index is 6.16. The van der Waals surface area contributed by atoms with Gasteiger partial charge in [-0.1, -0.05) is 69.0 Å². The molecule has 0 spiro atoms. The summed E-state index contributed by atoms with van der Waals surface area (Å²) in [6, 6.07) is 20.7. The maximum Gasteiger partial charge on any atom is 0.135 e. The van der Waals surface area contributed by atoms with Gasteiger partial charge in [-0.05, 0) is 40.3 Å². The lowest BCUT2D eigenvalue weighted by atomic mass is 9.89. The van der Waals surface area contributed by atoms with E-state index >= 15 is 0 Å². The zero-order valence-corrected chi connectivity index (χ0v) is 15.6. The van der Waals surface area contributed by atoms with E-state index in [1.165, 1.54) is 10.9 Å². The van der Waals surface area contributed by atoms with Gasteiger partial charge in [0.15, 0.2) is 0 Å². The van der Waals surface area contributed by atoms with Crippen LogP contribution in [0.4, 0.5) is 0 Å². The number of para-hydroxylation sites is 1. The highest BCUT2D eigenvalue weighted by Crippen LogP contribution is 2.48. The van der Waals surface area contributed by atoms with Crippen LogP contribution in [0.25, 0.3) is 39.1 Å². The third kappa shape index (κ3) is 2.70. The highest BCUT2D eigenvalue weighted by atomic mass is 16.5. The molecule has 0 fully saturated rings. The standard InChI is InChI=1S/C23H15NO.C2H6/c1-2-15-12-13-24-14-20(15)16-10-11-19-17-6-3-4-8-21(17)25-22-9-5-7-18(16)23(19)22;1-2/h2-14H,1H2;1-2H3. The summed E-state index contributed by atoms with van der Waals surface area (Å²) in [5.41, 5.74) is 5.65. The lowest BCUT2D eigenvalue weighted by molar-refractivity contribution is 0.487. The van der Waals surface area contributed by atoms with E-state index in [1.807, 2.05) is 62.5 Å². The van der Waals surface area contributed by atoms with Crippen LogP contribution in [0.1, 0.15) is 19.4 Å². The van der Waals surface area contributed by atoms with Crippen LogP contribution < -0.4 is 4.74 Å². The first-order chi connectivity index (χ1) is 13.4. The van der Waals surface area contributed by atoms with Crippen LogP contribution in [0.15, 0.2) is 79.6 Å². The number of hydrogen-bond acceptors (Lipinski definition) is 2. The van der Waals surface area contributed by atoms with Crippen molar-refractivity contribution in [3.63, 3.8) is 0 Å². The van der Waals surface area contributed by atoms with Crippen molar-refractivity contribution in [2.45, 2.75) is 13.8 Å². The van der Waals surface area contributed by atoms with Crippen molar-refractivity contribution in [2.75, 3.05) is 0 Å². The highest BCUT2D eigenvalue weighted by Gasteiger charge is 2.21. The van der Waals surface area contributed by atoms with Crippen molar-refractivity contribution >= 4 is 16.8 Å². The van der Waals surface area contributed by atoms with Crippen molar-refractivity contribution in [3.05, 3.63) is 85.2 Å². The molecule has 0 atom stereocenters. The molecule has 27 heavy (non-hydrogen) atoms. The van der Waals surface area contributed by atoms with Crippen molar-refractivity contribution in [1.29, 1.82) is 0 Å². The summed E-state index contributed by atoms with van der Waals surface area (Å²) in [6.45, 7) is 7.94. The fourth-order valence-electron chi connectivity index (χ4n) is 3.62. The number of aromatic nitrogens is 1. The monoisotopic (exact) mass is 351 g/mol. The van der Waals surface area contributed by atoms with Crippen LogP contribution in [0.5, 0.6) is 11.5 Å². The van der Waals surface area contributed by atoms with Gasteiger partial charge in [0, 0.05) is 28.9 Å². The molecule has 0 bridgehead atoms. The summed E-state index contributed by atoms with van der Waals surface area (Å²) in [6.07, 6.45) is 5.57.